The molecule has 3 nitrogen and oxygen atoms in total. The van der Waals surface area contributed by atoms with E-state index >= 15 is 0 Å². The first kappa shape index (κ1) is 11.1. The lowest BCUT2D eigenvalue weighted by Crippen LogP contribution is -2.53. The zero-order valence-corrected chi connectivity index (χ0v) is 10.5. The third-order valence-electron chi connectivity index (χ3n) is 3.24. The van der Waals surface area contributed by atoms with Crippen molar-refractivity contribution >= 4 is 17.3 Å². The van der Waals surface area contributed by atoms with Gasteiger partial charge in [-0.2, -0.15) is 0 Å². The lowest BCUT2D eigenvalue weighted by molar-refractivity contribution is 0.148. The first-order chi connectivity index (χ1) is 7.16. The van der Waals surface area contributed by atoms with E-state index in [4.69, 9.17) is 12.2 Å². The minimum Gasteiger partial charge on any atom is -0.360 e. The Bertz CT molecular complexity index is 230. The van der Waals surface area contributed by atoms with Gasteiger partial charge in [0.15, 0.2) is 5.11 Å². The molecule has 0 aromatic heterocycles. The van der Waals surface area contributed by atoms with Crippen LogP contribution in [0, 0.1) is 0 Å². The van der Waals surface area contributed by atoms with Crippen molar-refractivity contribution in [2.24, 2.45) is 0 Å². The Hall–Kier alpha value is -0.350. The fraction of sp³-hybridized carbons (Fsp3) is 0.909. The zero-order chi connectivity index (χ0) is 10.8. The molecular weight excluding hydrogens is 206 g/mol. The van der Waals surface area contributed by atoms with Crippen LogP contribution in [-0.4, -0.2) is 53.2 Å². The average Bonchev–Trinajstić information content (AvgIpc) is 3.02. The van der Waals surface area contributed by atoms with Crippen molar-refractivity contribution in [1.29, 1.82) is 0 Å². The first-order valence-electron chi connectivity index (χ1n) is 5.96. The highest BCUT2D eigenvalue weighted by molar-refractivity contribution is 7.80. The molecule has 0 spiro atoms. The van der Waals surface area contributed by atoms with Gasteiger partial charge in [-0.15, -0.1) is 0 Å². The van der Waals surface area contributed by atoms with Gasteiger partial charge in [0.1, 0.15) is 0 Å². The summed E-state index contributed by atoms with van der Waals surface area (Å²) in [5.74, 6) is 0. The molecule has 1 aliphatic heterocycles. The van der Waals surface area contributed by atoms with Crippen molar-refractivity contribution in [2.45, 2.75) is 38.8 Å². The first-order valence-corrected chi connectivity index (χ1v) is 6.37. The van der Waals surface area contributed by atoms with Crippen LogP contribution >= 0.6 is 12.2 Å². The van der Waals surface area contributed by atoms with Crippen molar-refractivity contribution in [3.05, 3.63) is 0 Å². The number of thiocarbonyl (C=S) groups is 1. The maximum atomic E-state index is 5.39. The Balaban J connectivity index is 1.74. The predicted octanol–water partition coefficient (Wildman–Crippen LogP) is 1.05. The van der Waals surface area contributed by atoms with Crippen molar-refractivity contribution in [3.63, 3.8) is 0 Å². The normalized spacial score (nSPS) is 23.3. The van der Waals surface area contributed by atoms with Gasteiger partial charge in [-0.3, -0.25) is 4.90 Å². The third-order valence-corrected chi connectivity index (χ3v) is 3.61. The molecule has 15 heavy (non-hydrogen) atoms. The summed E-state index contributed by atoms with van der Waals surface area (Å²) in [7, 11) is 0. The summed E-state index contributed by atoms with van der Waals surface area (Å²) in [5, 5.41) is 4.38. The van der Waals surface area contributed by atoms with Gasteiger partial charge < -0.3 is 10.2 Å². The minimum absolute atomic E-state index is 0.664. The minimum atomic E-state index is 0.664. The predicted molar refractivity (Wildman–Crippen MR) is 67.0 cm³/mol. The van der Waals surface area contributed by atoms with Crippen LogP contribution in [-0.2, 0) is 0 Å². The summed E-state index contributed by atoms with van der Waals surface area (Å²) in [4.78, 5) is 4.82. The molecule has 1 saturated carbocycles. The number of nitrogens with zero attached hydrogens (tertiary/aromatic N) is 2. The molecule has 86 valence electrons. The fourth-order valence-corrected chi connectivity index (χ4v) is 2.28. The molecular formula is C11H21N3S. The molecule has 1 aliphatic carbocycles. The Morgan fingerprint density at radius 2 is 1.80 bits per heavy atom. The number of hydrogen-bond donors (Lipinski definition) is 1. The van der Waals surface area contributed by atoms with Crippen LogP contribution in [0.1, 0.15) is 26.7 Å². The summed E-state index contributed by atoms with van der Waals surface area (Å²) in [6.45, 7) is 8.97. The second-order valence-electron chi connectivity index (χ2n) is 4.84. The van der Waals surface area contributed by atoms with Crippen LogP contribution in [0.3, 0.4) is 0 Å². The molecule has 0 bridgehead atoms. The molecule has 1 saturated heterocycles. The molecule has 2 fully saturated rings. The Labute approximate surface area is 97.8 Å². The van der Waals surface area contributed by atoms with E-state index in [1.807, 2.05) is 0 Å². The van der Waals surface area contributed by atoms with E-state index in [9.17, 15) is 0 Å². The molecule has 0 atom stereocenters. The van der Waals surface area contributed by atoms with Crippen LogP contribution in [0.5, 0.6) is 0 Å². The van der Waals surface area contributed by atoms with Crippen LogP contribution in [0.4, 0.5) is 0 Å². The molecule has 1 heterocycles. The molecule has 0 unspecified atom stereocenters. The van der Waals surface area contributed by atoms with Gasteiger partial charge in [0.05, 0.1) is 0 Å². The monoisotopic (exact) mass is 227 g/mol. The molecule has 0 radical (unpaired) electrons. The molecule has 4 heteroatoms. The van der Waals surface area contributed by atoms with Crippen molar-refractivity contribution in [1.82, 2.24) is 15.1 Å². The SMILES string of the molecule is CC(C)N1CCN(C(=S)NC2CC2)CC1. The zero-order valence-electron chi connectivity index (χ0n) is 9.70. The van der Waals surface area contributed by atoms with Crippen LogP contribution in [0.2, 0.25) is 0 Å². The van der Waals surface area contributed by atoms with Gasteiger partial charge in [-0.1, -0.05) is 0 Å². The van der Waals surface area contributed by atoms with E-state index in [2.05, 4.69) is 29.0 Å². The van der Waals surface area contributed by atoms with Gasteiger partial charge in [-0.05, 0) is 38.9 Å². The highest BCUT2D eigenvalue weighted by Crippen LogP contribution is 2.19. The Morgan fingerprint density at radius 3 is 2.27 bits per heavy atom. The van der Waals surface area contributed by atoms with Gasteiger partial charge in [0, 0.05) is 38.3 Å². The van der Waals surface area contributed by atoms with Gasteiger partial charge in [-0.25, -0.2) is 0 Å². The van der Waals surface area contributed by atoms with Crippen LogP contribution < -0.4 is 5.32 Å². The molecule has 2 aliphatic rings. The van der Waals surface area contributed by atoms with Crippen molar-refractivity contribution in [2.75, 3.05) is 26.2 Å². The van der Waals surface area contributed by atoms with Crippen LogP contribution in [0.25, 0.3) is 0 Å². The largest absolute Gasteiger partial charge is 0.360 e. The smallest absolute Gasteiger partial charge is 0.169 e. The maximum Gasteiger partial charge on any atom is 0.169 e. The number of rotatable bonds is 2. The van der Waals surface area contributed by atoms with Crippen LogP contribution in [0.15, 0.2) is 0 Å². The summed E-state index contributed by atoms with van der Waals surface area (Å²) in [6.07, 6.45) is 2.60. The number of hydrogen-bond acceptors (Lipinski definition) is 2. The van der Waals surface area contributed by atoms with Gasteiger partial charge >= 0.3 is 0 Å². The van der Waals surface area contributed by atoms with Crippen molar-refractivity contribution in [3.8, 4) is 0 Å². The van der Waals surface area contributed by atoms with Gasteiger partial charge in [0.2, 0.25) is 0 Å². The number of nitrogens with one attached hydrogen (secondary N) is 1. The van der Waals surface area contributed by atoms with E-state index in [0.717, 1.165) is 31.3 Å². The molecule has 0 aromatic carbocycles. The lowest BCUT2D eigenvalue weighted by atomic mass is 10.2. The number of piperazine rings is 1. The summed E-state index contributed by atoms with van der Waals surface area (Å²) in [6, 6.07) is 1.35. The Morgan fingerprint density at radius 1 is 1.20 bits per heavy atom. The topological polar surface area (TPSA) is 18.5 Å². The standard InChI is InChI=1S/C11H21N3S/c1-9(2)13-5-7-14(8-6-13)11(15)12-10-3-4-10/h9-10H,3-8H2,1-2H3,(H,12,15). The summed E-state index contributed by atoms with van der Waals surface area (Å²) < 4.78 is 0. The quantitative estimate of drug-likeness (QED) is 0.711. The maximum absolute atomic E-state index is 5.39. The highest BCUT2D eigenvalue weighted by Gasteiger charge is 2.25. The van der Waals surface area contributed by atoms with Crippen molar-refractivity contribution < 1.29 is 0 Å². The van der Waals surface area contributed by atoms with E-state index in [-0.39, 0.29) is 0 Å². The average molecular weight is 227 g/mol. The second kappa shape index (κ2) is 4.66. The molecule has 0 aromatic rings. The highest BCUT2D eigenvalue weighted by atomic mass is 32.1. The fourth-order valence-electron chi connectivity index (χ4n) is 1.93. The molecule has 2 rings (SSSR count). The van der Waals surface area contributed by atoms with E-state index in [1.54, 1.807) is 0 Å². The molecule has 0 amide bonds. The summed E-state index contributed by atoms with van der Waals surface area (Å²) in [5.41, 5.74) is 0. The second-order valence-corrected chi connectivity index (χ2v) is 5.23. The Kier molecular flexibility index (Phi) is 3.46. The van der Waals surface area contributed by atoms with Gasteiger partial charge in [0.25, 0.3) is 0 Å². The van der Waals surface area contributed by atoms with E-state index in [1.165, 1.54) is 12.8 Å². The van der Waals surface area contributed by atoms with E-state index in [0.29, 0.717) is 12.1 Å². The molecule has 1 N–H and O–H groups in total. The summed E-state index contributed by atoms with van der Waals surface area (Å²) >= 11 is 5.39. The van der Waals surface area contributed by atoms with E-state index < -0.39 is 0 Å². The third kappa shape index (κ3) is 3.05. The lowest BCUT2D eigenvalue weighted by Gasteiger charge is -2.38.